The zero-order chi connectivity index (χ0) is 12.7. The van der Waals surface area contributed by atoms with Crippen molar-refractivity contribution in [2.24, 2.45) is 0 Å². The molecule has 0 bridgehead atoms. The molecule has 0 radical (unpaired) electrons. The molecule has 0 amide bonds. The predicted molar refractivity (Wildman–Crippen MR) is 73.8 cm³/mol. The second kappa shape index (κ2) is 6.72. The lowest BCUT2D eigenvalue weighted by Crippen LogP contribution is -2.35. The van der Waals surface area contributed by atoms with Gasteiger partial charge in [0, 0.05) is 5.56 Å². The maximum absolute atomic E-state index is 10.5. The van der Waals surface area contributed by atoms with E-state index in [9.17, 15) is 4.79 Å². The molecular formula is C14H22O2Si. The lowest BCUT2D eigenvalue weighted by atomic mass is 10.2. The van der Waals surface area contributed by atoms with E-state index in [-0.39, 0.29) is 0 Å². The Morgan fingerprint density at radius 2 is 1.59 bits per heavy atom. The lowest BCUT2D eigenvalue weighted by Gasteiger charge is -2.28. The number of benzene rings is 1. The Bertz CT molecular complexity index is 333. The summed E-state index contributed by atoms with van der Waals surface area (Å²) < 4.78 is 6.19. The first-order chi connectivity index (χ1) is 8.19. The van der Waals surface area contributed by atoms with E-state index in [1.807, 2.05) is 24.3 Å². The molecule has 17 heavy (non-hydrogen) atoms. The zero-order valence-electron chi connectivity index (χ0n) is 11.0. The van der Waals surface area contributed by atoms with E-state index >= 15 is 0 Å². The van der Waals surface area contributed by atoms with Crippen LogP contribution in [0.3, 0.4) is 0 Å². The van der Waals surface area contributed by atoms with E-state index in [0.717, 1.165) is 17.4 Å². The quantitative estimate of drug-likeness (QED) is 0.539. The van der Waals surface area contributed by atoms with Crippen molar-refractivity contribution >= 4 is 14.6 Å². The summed E-state index contributed by atoms with van der Waals surface area (Å²) in [5, 5.41) is 0. The van der Waals surface area contributed by atoms with Crippen LogP contribution in [-0.2, 0) is 11.0 Å². The topological polar surface area (TPSA) is 26.3 Å². The van der Waals surface area contributed by atoms with Gasteiger partial charge in [0.1, 0.15) is 6.29 Å². The van der Waals surface area contributed by atoms with Crippen molar-refractivity contribution in [1.82, 2.24) is 0 Å². The van der Waals surface area contributed by atoms with E-state index in [0.29, 0.717) is 6.61 Å². The van der Waals surface area contributed by atoms with Gasteiger partial charge in [-0.2, -0.15) is 0 Å². The average Bonchev–Trinajstić information content (AvgIpc) is 2.41. The van der Waals surface area contributed by atoms with Gasteiger partial charge in [0.05, 0.1) is 6.61 Å². The van der Waals surface area contributed by atoms with Crippen LogP contribution in [0.5, 0.6) is 0 Å². The Hall–Kier alpha value is -0.933. The first-order valence-corrected chi connectivity index (χ1v) is 8.90. The summed E-state index contributed by atoms with van der Waals surface area (Å²) in [6, 6.07) is 11.2. The van der Waals surface area contributed by atoms with E-state index < -0.39 is 8.32 Å². The van der Waals surface area contributed by atoms with E-state index in [1.165, 1.54) is 18.1 Å². The van der Waals surface area contributed by atoms with Gasteiger partial charge in [0.2, 0.25) is 0 Å². The first kappa shape index (κ1) is 14.1. The van der Waals surface area contributed by atoms with Gasteiger partial charge in [-0.15, -0.1) is 0 Å². The third-order valence-corrected chi connectivity index (χ3v) is 8.22. The number of hydrogen-bond acceptors (Lipinski definition) is 2. The Kier molecular flexibility index (Phi) is 5.58. The van der Waals surface area contributed by atoms with Crippen LogP contribution in [0.25, 0.3) is 0 Å². The fourth-order valence-corrected chi connectivity index (χ4v) is 4.57. The highest BCUT2D eigenvalue weighted by Gasteiger charge is 2.28. The molecule has 1 rings (SSSR count). The van der Waals surface area contributed by atoms with Gasteiger partial charge in [-0.3, -0.25) is 4.79 Å². The standard InChI is InChI=1S/C14H22O2Si/c1-4-17(5-2,6-3)16-12-14-9-7-13(11-15)8-10-14/h7-11H,4-6,12H2,1-3H3. The number of hydrogen-bond donors (Lipinski definition) is 0. The highest BCUT2D eigenvalue weighted by molar-refractivity contribution is 6.73. The van der Waals surface area contributed by atoms with Crippen molar-refractivity contribution in [1.29, 1.82) is 0 Å². The van der Waals surface area contributed by atoms with Crippen molar-refractivity contribution in [3.63, 3.8) is 0 Å². The van der Waals surface area contributed by atoms with Crippen molar-refractivity contribution in [2.45, 2.75) is 45.5 Å². The van der Waals surface area contributed by atoms with Gasteiger partial charge in [-0.1, -0.05) is 45.0 Å². The van der Waals surface area contributed by atoms with Gasteiger partial charge >= 0.3 is 0 Å². The lowest BCUT2D eigenvalue weighted by molar-refractivity contribution is 0.112. The third kappa shape index (κ3) is 3.79. The van der Waals surface area contributed by atoms with Crippen LogP contribution in [0.1, 0.15) is 36.7 Å². The second-order valence-corrected chi connectivity index (χ2v) is 9.17. The monoisotopic (exact) mass is 250 g/mol. The highest BCUT2D eigenvalue weighted by atomic mass is 28.4. The van der Waals surface area contributed by atoms with Gasteiger partial charge < -0.3 is 4.43 Å². The summed E-state index contributed by atoms with van der Waals surface area (Å²) in [7, 11) is -1.49. The van der Waals surface area contributed by atoms with Gasteiger partial charge in [0.15, 0.2) is 8.32 Å². The molecule has 0 aliphatic heterocycles. The number of rotatable bonds is 7. The minimum absolute atomic E-state index is 0.681. The molecular weight excluding hydrogens is 228 g/mol. The van der Waals surface area contributed by atoms with Crippen LogP contribution in [0, 0.1) is 0 Å². The van der Waals surface area contributed by atoms with Crippen molar-refractivity contribution in [2.75, 3.05) is 0 Å². The minimum Gasteiger partial charge on any atom is -0.413 e. The molecule has 0 aliphatic rings. The molecule has 3 heteroatoms. The highest BCUT2D eigenvalue weighted by Crippen LogP contribution is 2.23. The average molecular weight is 250 g/mol. The Balaban J connectivity index is 2.62. The van der Waals surface area contributed by atoms with Gasteiger partial charge in [-0.25, -0.2) is 0 Å². The predicted octanol–water partition coefficient (Wildman–Crippen LogP) is 4.02. The fourth-order valence-electron chi connectivity index (χ4n) is 1.99. The summed E-state index contributed by atoms with van der Waals surface area (Å²) in [4.78, 5) is 10.5. The molecule has 0 atom stereocenters. The number of carbonyl (C=O) groups is 1. The minimum atomic E-state index is -1.49. The number of aldehydes is 1. The van der Waals surface area contributed by atoms with Crippen LogP contribution in [0.15, 0.2) is 24.3 Å². The van der Waals surface area contributed by atoms with Crippen molar-refractivity contribution < 1.29 is 9.22 Å². The van der Waals surface area contributed by atoms with E-state index in [2.05, 4.69) is 20.8 Å². The molecule has 0 saturated heterocycles. The largest absolute Gasteiger partial charge is 0.413 e. The maximum atomic E-state index is 10.5. The smallest absolute Gasteiger partial charge is 0.192 e. The third-order valence-electron chi connectivity index (χ3n) is 3.59. The normalized spacial score (nSPS) is 11.5. The van der Waals surface area contributed by atoms with Crippen molar-refractivity contribution in [3.8, 4) is 0 Å². The van der Waals surface area contributed by atoms with Crippen LogP contribution in [0.2, 0.25) is 18.1 Å². The fraction of sp³-hybridized carbons (Fsp3) is 0.500. The SMILES string of the molecule is CC[Si](CC)(CC)OCc1ccc(C=O)cc1. The maximum Gasteiger partial charge on any atom is 0.192 e. The van der Waals surface area contributed by atoms with Crippen LogP contribution < -0.4 is 0 Å². The van der Waals surface area contributed by atoms with E-state index in [1.54, 1.807) is 0 Å². The molecule has 0 spiro atoms. The molecule has 1 aromatic carbocycles. The number of carbonyl (C=O) groups excluding carboxylic acids is 1. The molecule has 2 nitrogen and oxygen atoms in total. The molecule has 1 aromatic rings. The zero-order valence-corrected chi connectivity index (χ0v) is 12.0. The Labute approximate surface area is 105 Å². The molecule has 94 valence electrons. The Morgan fingerprint density at radius 1 is 1.06 bits per heavy atom. The van der Waals surface area contributed by atoms with Crippen molar-refractivity contribution in [3.05, 3.63) is 35.4 Å². The first-order valence-electron chi connectivity index (χ1n) is 6.37. The van der Waals surface area contributed by atoms with Crippen LogP contribution in [0.4, 0.5) is 0 Å². The molecule has 0 saturated carbocycles. The molecule has 0 unspecified atom stereocenters. The summed E-state index contributed by atoms with van der Waals surface area (Å²) in [5.74, 6) is 0. The molecule has 0 aromatic heterocycles. The van der Waals surface area contributed by atoms with E-state index in [4.69, 9.17) is 4.43 Å². The Morgan fingerprint density at radius 3 is 2.00 bits per heavy atom. The molecule has 0 N–H and O–H groups in total. The summed E-state index contributed by atoms with van der Waals surface area (Å²) in [5.41, 5.74) is 1.88. The summed E-state index contributed by atoms with van der Waals surface area (Å²) >= 11 is 0. The molecule has 0 heterocycles. The molecule has 0 fully saturated rings. The molecule has 0 aliphatic carbocycles. The second-order valence-electron chi connectivity index (χ2n) is 4.39. The van der Waals surface area contributed by atoms with Gasteiger partial charge in [-0.05, 0) is 23.7 Å². The van der Waals surface area contributed by atoms with Gasteiger partial charge in [0.25, 0.3) is 0 Å². The van der Waals surface area contributed by atoms with Crippen LogP contribution >= 0.6 is 0 Å². The summed E-state index contributed by atoms with van der Waals surface area (Å²) in [6.07, 6.45) is 0.869. The van der Waals surface area contributed by atoms with Crippen LogP contribution in [-0.4, -0.2) is 14.6 Å². The summed E-state index contributed by atoms with van der Waals surface area (Å²) in [6.45, 7) is 7.37.